The number of hydrogen-bond acceptors (Lipinski definition) is 2. The SMILES string of the molecule is CCCCCCCCCCCC[n+]1ccc2c(c1)nnn2-c1ccccc1. The largest absolute Gasteiger partial charge is 0.212 e. The van der Waals surface area contributed by atoms with Gasteiger partial charge in [0.15, 0.2) is 17.9 Å². The lowest BCUT2D eigenvalue weighted by molar-refractivity contribution is -0.696. The molecule has 0 atom stereocenters. The maximum atomic E-state index is 4.35. The minimum absolute atomic E-state index is 0.952. The summed E-state index contributed by atoms with van der Waals surface area (Å²) >= 11 is 0. The van der Waals surface area contributed by atoms with Crippen molar-refractivity contribution in [2.45, 2.75) is 77.7 Å². The first kappa shape index (κ1) is 19.5. The van der Waals surface area contributed by atoms with E-state index in [1.54, 1.807) is 0 Å². The third kappa shape index (κ3) is 5.88. The Hall–Kier alpha value is -2.23. The monoisotopic (exact) mass is 365 g/mol. The van der Waals surface area contributed by atoms with Crippen LogP contribution in [-0.2, 0) is 6.54 Å². The minimum atomic E-state index is 0.952. The molecule has 2 aromatic heterocycles. The summed E-state index contributed by atoms with van der Waals surface area (Å²) in [6.45, 7) is 3.34. The number of nitrogens with zero attached hydrogens (tertiary/aromatic N) is 4. The predicted octanol–water partition coefficient (Wildman–Crippen LogP) is 5.63. The molecule has 4 nitrogen and oxygen atoms in total. The number of benzene rings is 1. The molecule has 2 heterocycles. The van der Waals surface area contributed by atoms with Crippen LogP contribution in [0.3, 0.4) is 0 Å². The fourth-order valence-corrected chi connectivity index (χ4v) is 3.60. The maximum absolute atomic E-state index is 4.35. The standard InChI is InChI=1S/C23H33N4/c1-2-3-4-5-6-7-8-9-10-14-18-26-19-17-23-22(20-26)24-25-27(23)21-15-12-11-13-16-21/h11-13,15-17,19-20H,2-10,14,18H2,1H3/q+1. The first-order valence-electron chi connectivity index (χ1n) is 10.7. The zero-order valence-corrected chi connectivity index (χ0v) is 16.7. The Bertz CT molecular complexity index is 795. The van der Waals surface area contributed by atoms with Crippen LogP contribution in [0.1, 0.15) is 71.1 Å². The lowest BCUT2D eigenvalue weighted by Crippen LogP contribution is -2.32. The van der Waals surface area contributed by atoms with Crippen molar-refractivity contribution in [2.24, 2.45) is 0 Å². The quantitative estimate of drug-likeness (QED) is 0.308. The van der Waals surface area contributed by atoms with E-state index in [1.165, 1.54) is 64.2 Å². The Balaban J connectivity index is 1.40. The van der Waals surface area contributed by atoms with E-state index in [2.05, 4.69) is 52.4 Å². The molecule has 0 radical (unpaired) electrons. The summed E-state index contributed by atoms with van der Waals surface area (Å²) in [4.78, 5) is 0. The van der Waals surface area contributed by atoms with Crippen molar-refractivity contribution in [3.8, 4) is 5.69 Å². The normalized spacial score (nSPS) is 11.3. The van der Waals surface area contributed by atoms with Gasteiger partial charge in [0.2, 0.25) is 0 Å². The van der Waals surface area contributed by atoms with Crippen LogP contribution >= 0.6 is 0 Å². The summed E-state index contributed by atoms with van der Waals surface area (Å²) in [6.07, 6.45) is 18.0. The molecule has 0 N–H and O–H groups in total. The van der Waals surface area contributed by atoms with Gasteiger partial charge in [-0.2, -0.15) is 0 Å². The number of hydrogen-bond donors (Lipinski definition) is 0. The second-order valence-corrected chi connectivity index (χ2v) is 7.47. The molecule has 0 spiro atoms. The van der Waals surface area contributed by atoms with E-state index in [9.17, 15) is 0 Å². The van der Waals surface area contributed by atoms with E-state index >= 15 is 0 Å². The number of aromatic nitrogens is 4. The van der Waals surface area contributed by atoms with Crippen molar-refractivity contribution in [1.82, 2.24) is 15.0 Å². The van der Waals surface area contributed by atoms with Gasteiger partial charge in [-0.25, -0.2) is 9.25 Å². The van der Waals surface area contributed by atoms with Gasteiger partial charge in [0.25, 0.3) is 0 Å². The fraction of sp³-hybridized carbons (Fsp3) is 0.522. The van der Waals surface area contributed by atoms with E-state index in [4.69, 9.17) is 0 Å². The summed E-state index contributed by atoms with van der Waals surface area (Å²) in [5, 5.41) is 8.66. The van der Waals surface area contributed by atoms with E-state index < -0.39 is 0 Å². The van der Waals surface area contributed by atoms with Gasteiger partial charge in [-0.15, -0.1) is 5.10 Å². The number of aryl methyl sites for hydroxylation is 1. The molecule has 27 heavy (non-hydrogen) atoms. The second kappa shape index (κ2) is 10.8. The number of fused-ring (bicyclic) bond motifs is 1. The topological polar surface area (TPSA) is 34.6 Å². The fourth-order valence-electron chi connectivity index (χ4n) is 3.60. The van der Waals surface area contributed by atoms with Gasteiger partial charge in [0.1, 0.15) is 12.1 Å². The second-order valence-electron chi connectivity index (χ2n) is 7.47. The number of pyridine rings is 1. The number of rotatable bonds is 12. The van der Waals surface area contributed by atoms with Crippen LogP contribution < -0.4 is 4.57 Å². The summed E-state index contributed by atoms with van der Waals surface area (Å²) in [5.74, 6) is 0. The summed E-state index contributed by atoms with van der Waals surface area (Å²) in [7, 11) is 0. The molecule has 0 unspecified atom stereocenters. The highest BCUT2D eigenvalue weighted by Gasteiger charge is 2.10. The van der Waals surface area contributed by atoms with E-state index in [0.29, 0.717) is 0 Å². The molecule has 0 aliphatic heterocycles. The Kier molecular flexibility index (Phi) is 7.82. The third-order valence-electron chi connectivity index (χ3n) is 5.22. The average Bonchev–Trinajstić information content (AvgIpc) is 3.13. The lowest BCUT2D eigenvalue weighted by atomic mass is 10.1. The van der Waals surface area contributed by atoms with Crippen LogP contribution in [-0.4, -0.2) is 15.0 Å². The highest BCUT2D eigenvalue weighted by Crippen LogP contribution is 2.14. The van der Waals surface area contributed by atoms with Gasteiger partial charge in [-0.1, -0.05) is 81.7 Å². The molecule has 0 fully saturated rings. The summed E-state index contributed by atoms with van der Waals surface area (Å²) < 4.78 is 4.15. The molecule has 0 saturated heterocycles. The van der Waals surface area contributed by atoms with Crippen molar-refractivity contribution in [1.29, 1.82) is 0 Å². The first-order chi connectivity index (χ1) is 13.4. The highest BCUT2D eigenvalue weighted by atomic mass is 15.4. The van der Waals surface area contributed by atoms with Crippen molar-refractivity contribution >= 4 is 11.0 Å². The lowest BCUT2D eigenvalue weighted by Gasteiger charge is -2.02. The Morgan fingerprint density at radius 2 is 1.48 bits per heavy atom. The highest BCUT2D eigenvalue weighted by molar-refractivity contribution is 5.73. The molecule has 1 aromatic carbocycles. The van der Waals surface area contributed by atoms with Crippen LogP contribution in [0.5, 0.6) is 0 Å². The van der Waals surface area contributed by atoms with Crippen LogP contribution in [0.4, 0.5) is 0 Å². The molecule has 4 heteroatoms. The van der Waals surface area contributed by atoms with Gasteiger partial charge < -0.3 is 0 Å². The molecular weight excluding hydrogens is 332 g/mol. The molecule has 0 bridgehead atoms. The van der Waals surface area contributed by atoms with Crippen LogP contribution in [0.25, 0.3) is 16.7 Å². The Labute approximate surface area is 163 Å². The third-order valence-corrected chi connectivity index (χ3v) is 5.22. The molecule has 3 aromatic rings. The number of unbranched alkanes of at least 4 members (excludes halogenated alkanes) is 9. The number of para-hydroxylation sites is 1. The van der Waals surface area contributed by atoms with E-state index in [0.717, 1.165) is 23.3 Å². The van der Waals surface area contributed by atoms with Crippen LogP contribution in [0.2, 0.25) is 0 Å². The smallest absolute Gasteiger partial charge is 0.198 e. The first-order valence-corrected chi connectivity index (χ1v) is 10.7. The predicted molar refractivity (Wildman–Crippen MR) is 111 cm³/mol. The summed E-state index contributed by atoms with van der Waals surface area (Å²) in [6, 6.07) is 12.3. The van der Waals surface area contributed by atoms with E-state index in [-0.39, 0.29) is 0 Å². The van der Waals surface area contributed by atoms with Gasteiger partial charge in [0, 0.05) is 12.5 Å². The van der Waals surface area contributed by atoms with Crippen molar-refractivity contribution in [3.05, 3.63) is 48.8 Å². The van der Waals surface area contributed by atoms with Crippen molar-refractivity contribution in [2.75, 3.05) is 0 Å². The van der Waals surface area contributed by atoms with Gasteiger partial charge in [0.05, 0.1) is 5.69 Å². The van der Waals surface area contributed by atoms with Gasteiger partial charge in [-0.05, 0) is 18.6 Å². The molecule has 3 rings (SSSR count). The molecular formula is C23H33N4+. The molecule has 0 aliphatic carbocycles. The van der Waals surface area contributed by atoms with E-state index in [1.807, 2.05) is 22.9 Å². The van der Waals surface area contributed by atoms with Gasteiger partial charge >= 0.3 is 0 Å². The summed E-state index contributed by atoms with van der Waals surface area (Å²) in [5.41, 5.74) is 3.06. The average molecular weight is 366 g/mol. The maximum Gasteiger partial charge on any atom is 0.198 e. The Morgan fingerprint density at radius 1 is 0.815 bits per heavy atom. The van der Waals surface area contributed by atoms with Crippen molar-refractivity contribution in [3.63, 3.8) is 0 Å². The zero-order valence-electron chi connectivity index (χ0n) is 16.7. The molecule has 144 valence electrons. The van der Waals surface area contributed by atoms with Crippen LogP contribution in [0.15, 0.2) is 48.8 Å². The van der Waals surface area contributed by atoms with Crippen LogP contribution in [0, 0.1) is 0 Å². The molecule has 0 amide bonds. The molecule has 0 saturated carbocycles. The zero-order chi connectivity index (χ0) is 18.7. The van der Waals surface area contributed by atoms with Crippen molar-refractivity contribution < 1.29 is 4.57 Å². The minimum Gasteiger partial charge on any atom is -0.212 e. The van der Waals surface area contributed by atoms with Gasteiger partial charge in [-0.3, -0.25) is 0 Å². The Morgan fingerprint density at radius 3 is 2.19 bits per heavy atom. The molecule has 0 aliphatic rings.